The lowest BCUT2D eigenvalue weighted by molar-refractivity contribution is -0.142. The predicted octanol–water partition coefficient (Wildman–Crippen LogP) is 6.56. The Kier molecular flexibility index (Phi) is 9.24. The maximum absolute atomic E-state index is 11.8. The van der Waals surface area contributed by atoms with Crippen molar-refractivity contribution in [2.75, 3.05) is 19.8 Å². The number of aldehydes is 1. The number of aromatic nitrogens is 1. The Balaban J connectivity index is 1.30. The van der Waals surface area contributed by atoms with Crippen LogP contribution in [0, 0.1) is 6.92 Å². The van der Waals surface area contributed by atoms with E-state index in [9.17, 15) is 9.59 Å². The Bertz CT molecular complexity index is 1600. The van der Waals surface area contributed by atoms with Crippen molar-refractivity contribution >= 4 is 23.9 Å². The summed E-state index contributed by atoms with van der Waals surface area (Å²) in [5, 5.41) is 0.295. The molecule has 1 aromatic heterocycles. The van der Waals surface area contributed by atoms with Gasteiger partial charge in [-0.25, -0.2) is 0 Å². The van der Waals surface area contributed by atoms with Crippen molar-refractivity contribution in [3.8, 4) is 34.1 Å². The van der Waals surface area contributed by atoms with Crippen LogP contribution in [-0.2, 0) is 29.2 Å². The summed E-state index contributed by atoms with van der Waals surface area (Å²) in [6, 6.07) is 16.9. The first kappa shape index (κ1) is 29.0. The van der Waals surface area contributed by atoms with E-state index in [0.717, 1.165) is 39.3 Å². The van der Waals surface area contributed by atoms with E-state index in [1.807, 2.05) is 43.3 Å². The maximum Gasteiger partial charge on any atom is 0.310 e. The number of rotatable bonds is 11. The molecule has 0 atom stereocenters. The van der Waals surface area contributed by atoms with Gasteiger partial charge in [0, 0.05) is 24.0 Å². The highest BCUT2D eigenvalue weighted by molar-refractivity contribution is 6.32. The van der Waals surface area contributed by atoms with Crippen LogP contribution in [0.25, 0.3) is 11.1 Å². The third-order valence-corrected chi connectivity index (χ3v) is 7.07. The Morgan fingerprint density at radius 2 is 1.74 bits per heavy atom. The molecule has 2 heterocycles. The molecule has 0 saturated carbocycles. The number of halogens is 1. The fourth-order valence-corrected chi connectivity index (χ4v) is 4.88. The van der Waals surface area contributed by atoms with Gasteiger partial charge in [0.2, 0.25) is 0 Å². The van der Waals surface area contributed by atoms with Crippen LogP contribution in [0.4, 0.5) is 0 Å². The molecule has 0 amide bonds. The Morgan fingerprint density at radius 3 is 2.55 bits per heavy atom. The van der Waals surface area contributed by atoms with Crippen LogP contribution in [-0.4, -0.2) is 37.1 Å². The molecule has 0 radical (unpaired) electrons. The van der Waals surface area contributed by atoms with Crippen LogP contribution in [0.1, 0.15) is 39.5 Å². The highest BCUT2D eigenvalue weighted by Gasteiger charge is 2.16. The Hall–Kier alpha value is -4.56. The van der Waals surface area contributed by atoms with Gasteiger partial charge in [-0.15, -0.1) is 0 Å². The first-order chi connectivity index (χ1) is 20.4. The van der Waals surface area contributed by atoms with Gasteiger partial charge in [0.05, 0.1) is 23.6 Å². The quantitative estimate of drug-likeness (QED) is 0.144. The monoisotopic (exact) mass is 587 g/mol. The van der Waals surface area contributed by atoms with Crippen molar-refractivity contribution in [1.82, 2.24) is 4.98 Å². The predicted molar refractivity (Wildman–Crippen MR) is 158 cm³/mol. The van der Waals surface area contributed by atoms with Crippen LogP contribution in [0.3, 0.4) is 0 Å². The third-order valence-electron chi connectivity index (χ3n) is 6.77. The number of nitrogens with zero attached hydrogens (tertiary/aromatic N) is 1. The van der Waals surface area contributed by atoms with E-state index in [0.29, 0.717) is 53.8 Å². The molecule has 0 fully saturated rings. The second-order valence-corrected chi connectivity index (χ2v) is 10.1. The molecule has 1 aliphatic heterocycles. The van der Waals surface area contributed by atoms with E-state index in [1.54, 1.807) is 25.4 Å². The van der Waals surface area contributed by atoms with Crippen LogP contribution in [0.15, 0.2) is 67.0 Å². The van der Waals surface area contributed by atoms with Crippen LogP contribution >= 0.6 is 11.6 Å². The lowest BCUT2D eigenvalue weighted by Crippen LogP contribution is -2.15. The Labute approximate surface area is 249 Å². The third kappa shape index (κ3) is 6.83. The van der Waals surface area contributed by atoms with E-state index in [1.165, 1.54) is 6.07 Å². The molecule has 4 aromatic rings. The summed E-state index contributed by atoms with van der Waals surface area (Å²) < 4.78 is 28.5. The standard InChI is InChI=1S/C33H30ClNO7/c1-3-38-33(37)12-22-11-23(17-35-16-22)19-41-30-15-31(28(34)13-26(30)18-36)42-20-25-5-4-6-27(21(25)2)24-7-8-29-32(14-24)40-10-9-39-29/h4-8,11,13-18H,3,9-10,12,19-20H2,1-2H3. The normalized spacial score (nSPS) is 12.0. The van der Waals surface area contributed by atoms with Gasteiger partial charge >= 0.3 is 5.97 Å². The number of carbonyl (C=O) groups is 2. The number of benzene rings is 3. The zero-order chi connectivity index (χ0) is 29.5. The lowest BCUT2D eigenvalue weighted by atomic mass is 9.96. The largest absolute Gasteiger partial charge is 0.488 e. The molecule has 9 heteroatoms. The van der Waals surface area contributed by atoms with Gasteiger partial charge in [0.15, 0.2) is 17.8 Å². The molecule has 0 spiro atoms. The molecule has 0 bridgehead atoms. The average Bonchev–Trinajstić information content (AvgIpc) is 3.00. The smallest absolute Gasteiger partial charge is 0.310 e. The van der Waals surface area contributed by atoms with Gasteiger partial charge in [0.1, 0.15) is 37.9 Å². The first-order valence-electron chi connectivity index (χ1n) is 13.6. The highest BCUT2D eigenvalue weighted by Crippen LogP contribution is 2.37. The lowest BCUT2D eigenvalue weighted by Gasteiger charge is -2.20. The number of carbonyl (C=O) groups excluding carboxylic acids is 2. The molecule has 3 aromatic carbocycles. The van der Waals surface area contributed by atoms with E-state index in [-0.39, 0.29) is 25.6 Å². The summed E-state index contributed by atoms with van der Waals surface area (Å²) in [6.45, 7) is 5.57. The fraction of sp³-hybridized carbons (Fsp3) is 0.242. The van der Waals surface area contributed by atoms with E-state index >= 15 is 0 Å². The molecule has 0 unspecified atom stereocenters. The summed E-state index contributed by atoms with van der Waals surface area (Å²) in [5.74, 6) is 1.86. The molecule has 0 aliphatic carbocycles. The van der Waals surface area contributed by atoms with E-state index < -0.39 is 0 Å². The van der Waals surface area contributed by atoms with Crippen molar-refractivity contribution < 1.29 is 33.3 Å². The molecule has 0 saturated heterocycles. The molecule has 216 valence electrons. The summed E-state index contributed by atoms with van der Waals surface area (Å²) in [4.78, 5) is 27.8. The number of esters is 1. The minimum absolute atomic E-state index is 0.114. The minimum Gasteiger partial charge on any atom is -0.488 e. The average molecular weight is 588 g/mol. The topological polar surface area (TPSA) is 93.2 Å². The van der Waals surface area contributed by atoms with Gasteiger partial charge in [-0.2, -0.15) is 0 Å². The summed E-state index contributed by atoms with van der Waals surface area (Å²) in [6.07, 6.45) is 4.04. The van der Waals surface area contributed by atoms with Crippen molar-refractivity contribution in [2.24, 2.45) is 0 Å². The van der Waals surface area contributed by atoms with Gasteiger partial charge in [-0.05, 0) is 65.9 Å². The SMILES string of the molecule is CCOC(=O)Cc1cncc(COc2cc(OCc3cccc(-c4ccc5c(c4)OCCO5)c3C)c(Cl)cc2C=O)c1. The van der Waals surface area contributed by atoms with Gasteiger partial charge < -0.3 is 23.7 Å². The number of ether oxygens (including phenoxy) is 5. The van der Waals surface area contributed by atoms with Crippen LogP contribution < -0.4 is 18.9 Å². The number of hydrogen-bond acceptors (Lipinski definition) is 8. The second kappa shape index (κ2) is 13.4. The van der Waals surface area contributed by atoms with Crippen molar-refractivity contribution in [3.05, 3.63) is 99.8 Å². The van der Waals surface area contributed by atoms with E-state index in [2.05, 4.69) is 11.1 Å². The van der Waals surface area contributed by atoms with Crippen molar-refractivity contribution in [3.63, 3.8) is 0 Å². The van der Waals surface area contributed by atoms with E-state index in [4.69, 9.17) is 35.3 Å². The number of hydrogen-bond donors (Lipinski definition) is 0. The first-order valence-corrected chi connectivity index (χ1v) is 13.9. The molecule has 8 nitrogen and oxygen atoms in total. The molecule has 5 rings (SSSR count). The summed E-state index contributed by atoms with van der Waals surface area (Å²) in [7, 11) is 0. The molecular formula is C33H30ClNO7. The van der Waals surface area contributed by atoms with Crippen molar-refractivity contribution in [1.29, 1.82) is 0 Å². The van der Waals surface area contributed by atoms with Gasteiger partial charge in [0.25, 0.3) is 0 Å². The second-order valence-electron chi connectivity index (χ2n) is 9.65. The summed E-state index contributed by atoms with van der Waals surface area (Å²) >= 11 is 6.47. The molecule has 1 aliphatic rings. The number of fused-ring (bicyclic) bond motifs is 1. The molecule has 42 heavy (non-hydrogen) atoms. The minimum atomic E-state index is -0.327. The van der Waals surface area contributed by atoms with Gasteiger partial charge in [-0.1, -0.05) is 35.9 Å². The zero-order valence-electron chi connectivity index (χ0n) is 23.4. The highest BCUT2D eigenvalue weighted by atomic mass is 35.5. The molecular weight excluding hydrogens is 558 g/mol. The van der Waals surface area contributed by atoms with Crippen molar-refractivity contribution in [2.45, 2.75) is 33.5 Å². The zero-order valence-corrected chi connectivity index (χ0v) is 24.1. The fourth-order valence-electron chi connectivity index (χ4n) is 4.65. The number of pyridine rings is 1. The summed E-state index contributed by atoms with van der Waals surface area (Å²) in [5.41, 5.74) is 5.84. The van der Waals surface area contributed by atoms with Crippen LogP contribution in [0.5, 0.6) is 23.0 Å². The maximum atomic E-state index is 11.8. The Morgan fingerprint density at radius 1 is 0.952 bits per heavy atom. The van der Waals surface area contributed by atoms with Gasteiger partial charge in [-0.3, -0.25) is 14.6 Å². The molecule has 0 N–H and O–H groups in total. The van der Waals surface area contributed by atoms with Crippen LogP contribution in [0.2, 0.25) is 5.02 Å².